The van der Waals surface area contributed by atoms with Crippen LogP contribution >= 0.6 is 15.9 Å². The van der Waals surface area contributed by atoms with Crippen molar-refractivity contribution in [1.29, 1.82) is 0 Å². The lowest BCUT2D eigenvalue weighted by Crippen LogP contribution is -2.37. The van der Waals surface area contributed by atoms with Gasteiger partial charge in [0.2, 0.25) is 0 Å². The van der Waals surface area contributed by atoms with Crippen LogP contribution in [0.5, 0.6) is 5.75 Å². The van der Waals surface area contributed by atoms with Crippen molar-refractivity contribution in [3.63, 3.8) is 0 Å². The van der Waals surface area contributed by atoms with Crippen LogP contribution in [0.3, 0.4) is 0 Å². The molecular formula is C23H25BrN4O3. The molecule has 0 aliphatic carbocycles. The van der Waals surface area contributed by atoms with E-state index in [0.717, 1.165) is 40.9 Å². The van der Waals surface area contributed by atoms with E-state index in [0.29, 0.717) is 24.5 Å². The number of carbonyl (C=O) groups excluding carboxylic acids is 1. The van der Waals surface area contributed by atoms with Crippen LogP contribution in [0.1, 0.15) is 34.6 Å². The Kier molecular flexibility index (Phi) is 6.67. The number of ether oxygens (including phenoxy) is 2. The van der Waals surface area contributed by atoms with E-state index in [1.807, 2.05) is 55.5 Å². The molecule has 0 saturated carbocycles. The number of methoxy groups -OCH3 is 1. The molecule has 0 N–H and O–H groups in total. The Bertz CT molecular complexity index is 1060. The van der Waals surface area contributed by atoms with Crippen molar-refractivity contribution in [3.8, 4) is 11.4 Å². The first kappa shape index (κ1) is 21.5. The van der Waals surface area contributed by atoms with E-state index in [1.54, 1.807) is 16.7 Å². The smallest absolute Gasteiger partial charge is 0.276 e. The van der Waals surface area contributed by atoms with Crippen LogP contribution in [0.25, 0.3) is 5.69 Å². The molecule has 4 rings (SSSR count). The summed E-state index contributed by atoms with van der Waals surface area (Å²) < 4.78 is 13.8. The number of nitrogens with zero attached hydrogens (tertiary/aromatic N) is 4. The minimum Gasteiger partial charge on any atom is -0.497 e. The number of amides is 1. The average Bonchev–Trinajstić information content (AvgIpc) is 3.42. The molecular weight excluding hydrogens is 460 g/mol. The van der Waals surface area contributed by atoms with Crippen molar-refractivity contribution in [3.05, 3.63) is 70.0 Å². The van der Waals surface area contributed by atoms with Gasteiger partial charge < -0.3 is 14.4 Å². The minimum absolute atomic E-state index is 0.0370. The Morgan fingerprint density at radius 1 is 1.29 bits per heavy atom. The standard InChI is InChI=1S/C23H25BrN4O3/c1-16-22(25-26-28(16)19-8-4-7-18(24)13-19)23(29)27(15-21-10-5-11-31-21)14-17-6-3-9-20(12-17)30-2/h3-4,6-9,12-13,21H,5,10-11,14-15H2,1-2H3. The van der Waals surface area contributed by atoms with Gasteiger partial charge in [-0.2, -0.15) is 0 Å². The molecule has 1 saturated heterocycles. The molecule has 8 heteroatoms. The molecule has 0 bridgehead atoms. The third-order valence-corrected chi connectivity index (χ3v) is 5.89. The fraction of sp³-hybridized carbons (Fsp3) is 0.348. The Morgan fingerprint density at radius 2 is 2.13 bits per heavy atom. The Morgan fingerprint density at radius 3 is 2.87 bits per heavy atom. The minimum atomic E-state index is -0.155. The molecule has 1 fully saturated rings. The summed E-state index contributed by atoms with van der Waals surface area (Å²) in [5, 5.41) is 8.48. The van der Waals surface area contributed by atoms with Crippen LogP contribution in [0.2, 0.25) is 0 Å². The van der Waals surface area contributed by atoms with Crippen LogP contribution in [-0.4, -0.2) is 52.2 Å². The average molecular weight is 485 g/mol. The lowest BCUT2D eigenvalue weighted by atomic mass is 10.1. The first-order chi connectivity index (χ1) is 15.0. The maximum Gasteiger partial charge on any atom is 0.276 e. The van der Waals surface area contributed by atoms with Gasteiger partial charge in [-0.3, -0.25) is 4.79 Å². The summed E-state index contributed by atoms with van der Waals surface area (Å²) >= 11 is 3.48. The third-order valence-electron chi connectivity index (χ3n) is 5.39. The van der Waals surface area contributed by atoms with Gasteiger partial charge in [0.05, 0.1) is 24.6 Å². The molecule has 3 aromatic rings. The number of benzene rings is 2. The highest BCUT2D eigenvalue weighted by molar-refractivity contribution is 9.10. The summed E-state index contributed by atoms with van der Waals surface area (Å²) in [7, 11) is 1.64. The Labute approximate surface area is 190 Å². The zero-order chi connectivity index (χ0) is 21.8. The quantitative estimate of drug-likeness (QED) is 0.503. The molecule has 0 spiro atoms. The monoisotopic (exact) mass is 484 g/mol. The fourth-order valence-corrected chi connectivity index (χ4v) is 4.16. The Balaban J connectivity index is 1.62. The van der Waals surface area contributed by atoms with Crippen molar-refractivity contribution >= 4 is 21.8 Å². The number of hydrogen-bond acceptors (Lipinski definition) is 5. The van der Waals surface area contributed by atoms with Gasteiger partial charge in [0.15, 0.2) is 5.69 Å². The molecule has 1 atom stereocenters. The zero-order valence-corrected chi connectivity index (χ0v) is 19.2. The van der Waals surface area contributed by atoms with Gasteiger partial charge in [-0.15, -0.1) is 5.10 Å². The van der Waals surface area contributed by atoms with Crippen molar-refractivity contribution in [2.45, 2.75) is 32.4 Å². The number of rotatable bonds is 7. The second-order valence-electron chi connectivity index (χ2n) is 7.59. The van der Waals surface area contributed by atoms with Gasteiger partial charge in [-0.25, -0.2) is 4.68 Å². The highest BCUT2D eigenvalue weighted by atomic mass is 79.9. The molecule has 1 aliphatic heterocycles. The molecule has 2 heterocycles. The summed E-state index contributed by atoms with van der Waals surface area (Å²) in [6.45, 7) is 3.56. The van der Waals surface area contributed by atoms with Crippen LogP contribution in [0.15, 0.2) is 53.0 Å². The van der Waals surface area contributed by atoms with E-state index in [-0.39, 0.29) is 12.0 Å². The molecule has 1 unspecified atom stereocenters. The van der Waals surface area contributed by atoms with Crippen LogP contribution in [-0.2, 0) is 11.3 Å². The van der Waals surface area contributed by atoms with Crippen molar-refractivity contribution in [1.82, 2.24) is 19.9 Å². The number of halogens is 1. The van der Waals surface area contributed by atoms with Gasteiger partial charge >= 0.3 is 0 Å². The second-order valence-corrected chi connectivity index (χ2v) is 8.50. The largest absolute Gasteiger partial charge is 0.497 e. The molecule has 1 aromatic heterocycles. The summed E-state index contributed by atoms with van der Waals surface area (Å²) in [4.78, 5) is 15.3. The predicted octanol–water partition coefficient (Wildman–Crippen LogP) is 4.17. The van der Waals surface area contributed by atoms with Crippen LogP contribution in [0.4, 0.5) is 0 Å². The highest BCUT2D eigenvalue weighted by Gasteiger charge is 2.27. The number of hydrogen-bond donors (Lipinski definition) is 0. The number of carbonyl (C=O) groups is 1. The molecule has 7 nitrogen and oxygen atoms in total. The second kappa shape index (κ2) is 9.62. The lowest BCUT2D eigenvalue weighted by Gasteiger charge is -2.25. The fourth-order valence-electron chi connectivity index (χ4n) is 3.77. The normalized spacial score (nSPS) is 15.8. The SMILES string of the molecule is COc1cccc(CN(CC2CCCO2)C(=O)c2nnn(-c3cccc(Br)c3)c2C)c1. The third kappa shape index (κ3) is 4.97. The van der Waals surface area contributed by atoms with Crippen LogP contribution < -0.4 is 4.74 Å². The summed E-state index contributed by atoms with van der Waals surface area (Å²) in [5.74, 6) is 0.607. The van der Waals surface area contributed by atoms with E-state index in [1.165, 1.54) is 0 Å². The van der Waals surface area contributed by atoms with Gasteiger partial charge in [0.25, 0.3) is 5.91 Å². The van der Waals surface area contributed by atoms with E-state index < -0.39 is 0 Å². The zero-order valence-electron chi connectivity index (χ0n) is 17.6. The maximum atomic E-state index is 13.5. The summed E-state index contributed by atoms with van der Waals surface area (Å²) in [6, 6.07) is 15.5. The summed E-state index contributed by atoms with van der Waals surface area (Å²) in [6.07, 6.45) is 2.00. The molecule has 2 aromatic carbocycles. The van der Waals surface area contributed by atoms with Gasteiger partial charge in [-0.05, 0) is 55.7 Å². The maximum absolute atomic E-state index is 13.5. The topological polar surface area (TPSA) is 69.5 Å². The van der Waals surface area contributed by atoms with E-state index in [4.69, 9.17) is 9.47 Å². The molecule has 1 aliphatic rings. The first-order valence-corrected chi connectivity index (χ1v) is 11.1. The van der Waals surface area contributed by atoms with Crippen molar-refractivity contribution in [2.75, 3.05) is 20.3 Å². The molecule has 31 heavy (non-hydrogen) atoms. The van der Waals surface area contributed by atoms with Gasteiger partial charge in [0.1, 0.15) is 5.75 Å². The summed E-state index contributed by atoms with van der Waals surface area (Å²) in [5.41, 5.74) is 2.88. The Hall–Kier alpha value is -2.71. The number of aromatic nitrogens is 3. The van der Waals surface area contributed by atoms with Gasteiger partial charge in [0, 0.05) is 24.2 Å². The lowest BCUT2D eigenvalue weighted by molar-refractivity contribution is 0.0502. The van der Waals surface area contributed by atoms with Crippen molar-refractivity contribution < 1.29 is 14.3 Å². The predicted molar refractivity (Wildman–Crippen MR) is 121 cm³/mol. The van der Waals surface area contributed by atoms with E-state index >= 15 is 0 Å². The highest BCUT2D eigenvalue weighted by Crippen LogP contribution is 2.22. The molecule has 1 amide bonds. The first-order valence-electron chi connectivity index (χ1n) is 10.3. The molecule has 162 valence electrons. The van der Waals surface area contributed by atoms with E-state index in [2.05, 4.69) is 26.2 Å². The molecule has 0 radical (unpaired) electrons. The van der Waals surface area contributed by atoms with Crippen LogP contribution in [0, 0.1) is 6.92 Å². The van der Waals surface area contributed by atoms with Crippen molar-refractivity contribution in [2.24, 2.45) is 0 Å². The van der Waals surface area contributed by atoms with Gasteiger partial charge in [-0.1, -0.05) is 39.3 Å². The van der Waals surface area contributed by atoms with E-state index in [9.17, 15) is 4.79 Å².